The summed E-state index contributed by atoms with van der Waals surface area (Å²) in [5, 5.41) is 0. The van der Waals surface area contributed by atoms with Crippen LogP contribution in [-0.2, 0) is 4.79 Å². The molecule has 2 heterocycles. The zero-order chi connectivity index (χ0) is 16.6. The topological polar surface area (TPSA) is 33.2 Å². The van der Waals surface area contributed by atoms with Crippen molar-refractivity contribution < 1.29 is 4.79 Å². The number of aromatic nitrogens is 1. The second-order valence-electron chi connectivity index (χ2n) is 7.11. The van der Waals surface area contributed by atoms with Crippen LogP contribution in [-0.4, -0.2) is 22.3 Å². The molecule has 124 valence electrons. The van der Waals surface area contributed by atoms with Crippen molar-refractivity contribution in [2.75, 3.05) is 6.54 Å². The van der Waals surface area contributed by atoms with Crippen molar-refractivity contribution in [2.24, 2.45) is 17.3 Å². The van der Waals surface area contributed by atoms with Crippen LogP contribution in [0.2, 0.25) is 0 Å². The standard InChI is InChI=1S/C18H22Cl2N2O/c1-18(2)13(10-15(19)20)16(18)17(23)22-9-4-3-7-14(22)12-6-5-8-21-11-12/h5-6,8,10-11,13-14,16H,3-4,7,9H2,1-2H3/t13-,14-,16-/m0/s1. The van der Waals surface area contributed by atoms with Crippen molar-refractivity contribution in [1.29, 1.82) is 0 Å². The maximum Gasteiger partial charge on any atom is 0.227 e. The van der Waals surface area contributed by atoms with Gasteiger partial charge in [0, 0.05) is 18.9 Å². The quantitative estimate of drug-likeness (QED) is 0.787. The van der Waals surface area contributed by atoms with E-state index >= 15 is 0 Å². The van der Waals surface area contributed by atoms with E-state index in [1.165, 1.54) is 0 Å². The molecule has 1 amide bonds. The van der Waals surface area contributed by atoms with E-state index in [0.29, 0.717) is 0 Å². The number of halogens is 2. The number of hydrogen-bond donors (Lipinski definition) is 0. The minimum absolute atomic E-state index is 0.0349. The van der Waals surface area contributed by atoms with Crippen molar-refractivity contribution in [3.63, 3.8) is 0 Å². The smallest absolute Gasteiger partial charge is 0.227 e. The molecule has 0 radical (unpaired) electrons. The zero-order valence-corrected chi connectivity index (χ0v) is 15.0. The molecule has 0 unspecified atom stereocenters. The summed E-state index contributed by atoms with van der Waals surface area (Å²) in [6.45, 7) is 5.03. The van der Waals surface area contributed by atoms with Gasteiger partial charge in [-0.3, -0.25) is 9.78 Å². The molecule has 1 saturated carbocycles. The molecular formula is C18H22Cl2N2O. The lowest BCUT2D eigenvalue weighted by atomic mass is 9.95. The monoisotopic (exact) mass is 352 g/mol. The summed E-state index contributed by atoms with van der Waals surface area (Å²) in [6, 6.07) is 4.14. The van der Waals surface area contributed by atoms with Crippen LogP contribution in [0, 0.1) is 17.3 Å². The second kappa shape index (κ2) is 6.45. The molecule has 3 atom stereocenters. The normalized spacial score (nSPS) is 29.0. The van der Waals surface area contributed by atoms with Gasteiger partial charge in [-0.25, -0.2) is 0 Å². The van der Waals surface area contributed by atoms with E-state index < -0.39 is 0 Å². The average molecular weight is 353 g/mol. The number of allylic oxidation sites excluding steroid dienone is 1. The average Bonchev–Trinajstić information content (AvgIpc) is 3.07. The summed E-state index contributed by atoms with van der Waals surface area (Å²) < 4.78 is 0.251. The Labute approximate surface area is 147 Å². The van der Waals surface area contributed by atoms with Gasteiger partial charge >= 0.3 is 0 Å². The lowest BCUT2D eigenvalue weighted by Crippen LogP contribution is -2.40. The van der Waals surface area contributed by atoms with Crippen LogP contribution in [0.15, 0.2) is 35.1 Å². The number of likely N-dealkylation sites (tertiary alicyclic amines) is 1. The molecule has 0 aromatic carbocycles. The van der Waals surface area contributed by atoms with Gasteiger partial charge in [-0.1, -0.05) is 43.1 Å². The van der Waals surface area contributed by atoms with Crippen LogP contribution in [0.1, 0.15) is 44.7 Å². The number of amides is 1. The van der Waals surface area contributed by atoms with E-state index in [1.807, 2.05) is 23.2 Å². The van der Waals surface area contributed by atoms with E-state index in [2.05, 4.69) is 24.9 Å². The van der Waals surface area contributed by atoms with Crippen molar-refractivity contribution in [2.45, 2.75) is 39.2 Å². The summed E-state index contributed by atoms with van der Waals surface area (Å²) >= 11 is 11.6. The number of carbonyl (C=O) groups is 1. The third kappa shape index (κ3) is 3.27. The third-order valence-corrected chi connectivity index (χ3v) is 5.59. The third-order valence-electron chi connectivity index (χ3n) is 5.34. The van der Waals surface area contributed by atoms with Crippen LogP contribution in [0.5, 0.6) is 0 Å². The number of carbonyl (C=O) groups excluding carboxylic acids is 1. The fourth-order valence-electron chi connectivity index (χ4n) is 3.89. The summed E-state index contributed by atoms with van der Waals surface area (Å²) in [5.74, 6) is 0.308. The van der Waals surface area contributed by atoms with E-state index in [9.17, 15) is 4.79 Å². The molecule has 2 aliphatic rings. The van der Waals surface area contributed by atoms with Gasteiger partial charge in [-0.15, -0.1) is 0 Å². The second-order valence-corrected chi connectivity index (χ2v) is 8.12. The summed E-state index contributed by atoms with van der Waals surface area (Å²) in [5.41, 5.74) is 1.05. The van der Waals surface area contributed by atoms with Gasteiger partial charge in [0.05, 0.1) is 12.0 Å². The Morgan fingerprint density at radius 3 is 2.83 bits per heavy atom. The molecule has 1 aromatic rings. The summed E-state index contributed by atoms with van der Waals surface area (Å²) in [4.78, 5) is 19.4. The molecule has 1 saturated heterocycles. The molecule has 0 bridgehead atoms. The Balaban J connectivity index is 1.82. The SMILES string of the molecule is CC1(C)[C@H](C(=O)N2CCCC[C@H]2c2cccnc2)[C@@H]1C=C(Cl)Cl. The van der Waals surface area contributed by atoms with Gasteiger partial charge in [0.25, 0.3) is 0 Å². The molecule has 2 fully saturated rings. The molecule has 1 aliphatic heterocycles. The van der Waals surface area contributed by atoms with Crippen LogP contribution in [0.3, 0.4) is 0 Å². The van der Waals surface area contributed by atoms with Gasteiger partial charge in [0.1, 0.15) is 4.49 Å². The first-order chi connectivity index (χ1) is 10.9. The van der Waals surface area contributed by atoms with Crippen LogP contribution in [0.4, 0.5) is 0 Å². The summed E-state index contributed by atoms with van der Waals surface area (Å²) in [7, 11) is 0. The lowest BCUT2D eigenvalue weighted by Gasteiger charge is -2.36. The highest BCUT2D eigenvalue weighted by Crippen LogP contribution is 2.61. The first-order valence-electron chi connectivity index (χ1n) is 8.16. The molecule has 1 aromatic heterocycles. The van der Waals surface area contributed by atoms with Crippen LogP contribution >= 0.6 is 23.2 Å². The molecule has 23 heavy (non-hydrogen) atoms. The fourth-order valence-corrected chi connectivity index (χ4v) is 4.16. The minimum atomic E-state index is -0.0803. The van der Waals surface area contributed by atoms with Gasteiger partial charge in [0.2, 0.25) is 5.91 Å². The number of hydrogen-bond acceptors (Lipinski definition) is 2. The van der Waals surface area contributed by atoms with Crippen LogP contribution in [0.25, 0.3) is 0 Å². The first-order valence-corrected chi connectivity index (χ1v) is 8.91. The number of piperidine rings is 1. The predicted octanol–water partition coefficient (Wildman–Crippen LogP) is 4.73. The van der Waals surface area contributed by atoms with E-state index in [-0.39, 0.29) is 33.7 Å². The highest BCUT2D eigenvalue weighted by molar-refractivity contribution is 6.55. The Kier molecular flexibility index (Phi) is 4.70. The zero-order valence-electron chi connectivity index (χ0n) is 13.5. The molecule has 3 rings (SSSR count). The molecule has 0 N–H and O–H groups in total. The lowest BCUT2D eigenvalue weighted by molar-refractivity contribution is -0.137. The maximum atomic E-state index is 13.1. The molecule has 3 nitrogen and oxygen atoms in total. The van der Waals surface area contributed by atoms with E-state index in [0.717, 1.165) is 31.4 Å². The minimum Gasteiger partial charge on any atom is -0.335 e. The Bertz CT molecular complexity index is 611. The molecule has 0 spiro atoms. The number of nitrogens with zero attached hydrogens (tertiary/aromatic N) is 2. The van der Waals surface area contributed by atoms with Crippen molar-refractivity contribution in [3.05, 3.63) is 40.7 Å². The van der Waals surface area contributed by atoms with E-state index in [1.54, 1.807) is 6.20 Å². The van der Waals surface area contributed by atoms with E-state index in [4.69, 9.17) is 23.2 Å². The van der Waals surface area contributed by atoms with Crippen molar-refractivity contribution >= 4 is 29.1 Å². The van der Waals surface area contributed by atoms with Crippen molar-refractivity contribution in [3.8, 4) is 0 Å². The molecule has 1 aliphatic carbocycles. The molecular weight excluding hydrogens is 331 g/mol. The number of pyridine rings is 1. The summed E-state index contributed by atoms with van der Waals surface area (Å²) in [6.07, 6.45) is 8.67. The fraction of sp³-hybridized carbons (Fsp3) is 0.556. The van der Waals surface area contributed by atoms with Crippen molar-refractivity contribution in [1.82, 2.24) is 9.88 Å². The Morgan fingerprint density at radius 1 is 1.39 bits per heavy atom. The highest BCUT2D eigenvalue weighted by Gasteiger charge is 2.62. The Morgan fingerprint density at radius 2 is 2.17 bits per heavy atom. The number of rotatable bonds is 3. The van der Waals surface area contributed by atoms with Gasteiger partial charge < -0.3 is 4.90 Å². The largest absolute Gasteiger partial charge is 0.335 e. The highest BCUT2D eigenvalue weighted by atomic mass is 35.5. The van der Waals surface area contributed by atoms with Gasteiger partial charge in [0.15, 0.2) is 0 Å². The Hall–Kier alpha value is -1.06. The van der Waals surface area contributed by atoms with Gasteiger partial charge in [-0.2, -0.15) is 0 Å². The first kappa shape index (κ1) is 16.8. The van der Waals surface area contributed by atoms with Gasteiger partial charge in [-0.05, 0) is 48.3 Å². The molecule has 5 heteroatoms. The van der Waals surface area contributed by atoms with Crippen LogP contribution < -0.4 is 0 Å². The predicted molar refractivity (Wildman–Crippen MR) is 93.1 cm³/mol. The maximum absolute atomic E-state index is 13.1.